The molecule has 1 atom stereocenters. The van der Waals surface area contributed by atoms with Gasteiger partial charge in [-0.2, -0.15) is 4.98 Å². The van der Waals surface area contributed by atoms with E-state index in [1.54, 1.807) is 6.20 Å². The number of rotatable bonds is 5. The molecule has 1 aromatic rings. The Labute approximate surface area is 130 Å². The second-order valence-corrected chi connectivity index (χ2v) is 5.88. The summed E-state index contributed by atoms with van der Waals surface area (Å²) in [6.07, 6.45) is 5.52. The van der Waals surface area contributed by atoms with Crippen LogP contribution in [0.1, 0.15) is 39.7 Å². The molecule has 122 valence electrons. The molecule has 0 saturated carbocycles. The average molecular weight is 308 g/mol. The molecule has 1 amide bonds. The van der Waals surface area contributed by atoms with Crippen LogP contribution in [-0.2, 0) is 4.74 Å². The van der Waals surface area contributed by atoms with Crippen LogP contribution in [0.2, 0.25) is 0 Å². The number of hydrogen-bond donors (Lipinski definition) is 2. The Balaban J connectivity index is 2.53. The van der Waals surface area contributed by atoms with E-state index >= 15 is 0 Å². The predicted molar refractivity (Wildman–Crippen MR) is 85.5 cm³/mol. The number of nitrogen functional groups attached to an aromatic ring is 1. The number of nitrogens with two attached hydrogens (primary N) is 1. The van der Waals surface area contributed by atoms with Gasteiger partial charge in [0.25, 0.3) is 0 Å². The Bertz CT molecular complexity index is 538. The number of anilines is 1. The zero-order chi connectivity index (χ0) is 16.8. The molecule has 1 heterocycles. The third kappa shape index (κ3) is 6.43. The number of hydrogen-bond acceptors (Lipinski definition) is 6. The van der Waals surface area contributed by atoms with Gasteiger partial charge in [-0.05, 0) is 34.1 Å². The minimum absolute atomic E-state index is 0.0632. The van der Waals surface area contributed by atoms with Crippen molar-refractivity contribution in [3.05, 3.63) is 17.8 Å². The van der Waals surface area contributed by atoms with Crippen molar-refractivity contribution < 1.29 is 14.3 Å². The lowest BCUT2D eigenvalue weighted by atomic mass is 10.2. The molecule has 0 aliphatic carbocycles. The largest absolute Gasteiger partial charge is 0.480 e. The summed E-state index contributed by atoms with van der Waals surface area (Å²) in [5.41, 5.74) is 5.72. The van der Waals surface area contributed by atoms with Gasteiger partial charge >= 0.3 is 6.09 Å². The van der Waals surface area contributed by atoms with E-state index in [9.17, 15) is 4.79 Å². The Hall–Kier alpha value is -2.31. The van der Waals surface area contributed by atoms with Gasteiger partial charge in [0.1, 0.15) is 5.60 Å². The molecule has 7 heteroatoms. The molecule has 0 saturated heterocycles. The first-order valence-corrected chi connectivity index (χ1v) is 7.04. The van der Waals surface area contributed by atoms with Crippen LogP contribution in [0.5, 0.6) is 5.88 Å². The summed E-state index contributed by atoms with van der Waals surface area (Å²) in [6, 6.07) is -0.0632. The van der Waals surface area contributed by atoms with Crippen LogP contribution < -0.4 is 15.8 Å². The summed E-state index contributed by atoms with van der Waals surface area (Å²) in [5.74, 6) is 0.575. The predicted octanol–water partition coefficient (Wildman–Crippen LogP) is 2.38. The summed E-state index contributed by atoms with van der Waals surface area (Å²) < 4.78 is 10.3. The highest BCUT2D eigenvalue weighted by molar-refractivity contribution is 5.68. The number of ether oxygens (including phenoxy) is 2. The van der Waals surface area contributed by atoms with Crippen LogP contribution in [0.25, 0.3) is 6.08 Å². The van der Waals surface area contributed by atoms with Crippen LogP contribution in [-0.4, -0.2) is 34.8 Å². The van der Waals surface area contributed by atoms with Gasteiger partial charge in [0, 0.05) is 12.2 Å². The van der Waals surface area contributed by atoms with Crippen LogP contribution in [0, 0.1) is 0 Å². The highest BCUT2D eigenvalue weighted by Gasteiger charge is 2.17. The lowest BCUT2D eigenvalue weighted by Crippen LogP contribution is -2.37. The summed E-state index contributed by atoms with van der Waals surface area (Å²) in [4.78, 5) is 19.5. The van der Waals surface area contributed by atoms with Gasteiger partial charge in [-0.1, -0.05) is 12.2 Å². The molecule has 0 aliphatic heterocycles. The maximum Gasteiger partial charge on any atom is 0.407 e. The SMILES string of the molecule is COc1nc(N)ncc1/C=C/C[C@H](C)NC(=O)OC(C)(C)C. The van der Waals surface area contributed by atoms with Crippen molar-refractivity contribution >= 4 is 18.1 Å². The zero-order valence-corrected chi connectivity index (χ0v) is 13.7. The number of aromatic nitrogens is 2. The highest BCUT2D eigenvalue weighted by atomic mass is 16.6. The van der Waals surface area contributed by atoms with Gasteiger partial charge in [-0.3, -0.25) is 0 Å². The monoisotopic (exact) mass is 308 g/mol. The van der Waals surface area contributed by atoms with Gasteiger partial charge in [-0.15, -0.1) is 0 Å². The lowest BCUT2D eigenvalue weighted by Gasteiger charge is -2.21. The molecule has 3 N–H and O–H groups in total. The molecular formula is C15H24N4O3. The second-order valence-electron chi connectivity index (χ2n) is 5.88. The molecule has 0 radical (unpaired) electrons. The molecule has 0 fully saturated rings. The van der Waals surface area contributed by atoms with Crippen molar-refractivity contribution in [3.63, 3.8) is 0 Å². The molecule has 1 rings (SSSR count). The minimum Gasteiger partial charge on any atom is -0.480 e. The Morgan fingerprint density at radius 3 is 2.77 bits per heavy atom. The topological polar surface area (TPSA) is 99.4 Å². The number of nitrogens with one attached hydrogen (secondary N) is 1. The van der Waals surface area contributed by atoms with Gasteiger partial charge in [0.2, 0.25) is 11.8 Å². The fourth-order valence-electron chi connectivity index (χ4n) is 1.63. The van der Waals surface area contributed by atoms with Crippen LogP contribution in [0.4, 0.5) is 10.7 Å². The van der Waals surface area contributed by atoms with Gasteiger partial charge in [-0.25, -0.2) is 9.78 Å². The summed E-state index contributed by atoms with van der Waals surface area (Å²) >= 11 is 0. The number of carbonyl (C=O) groups excluding carboxylic acids is 1. The standard InChI is InChI=1S/C15H24N4O3/c1-10(18-14(20)22-15(2,3)4)7-6-8-11-9-17-13(16)19-12(11)21-5/h6,8-10H,7H2,1-5H3,(H,18,20)(H2,16,17,19)/b8-6+/t10-/m0/s1. The number of alkyl carbamates (subject to hydrolysis) is 1. The van der Waals surface area contributed by atoms with E-state index in [1.807, 2.05) is 39.8 Å². The maximum atomic E-state index is 11.6. The third-order valence-electron chi connectivity index (χ3n) is 2.54. The van der Waals surface area contributed by atoms with E-state index < -0.39 is 11.7 Å². The van der Waals surface area contributed by atoms with E-state index in [0.29, 0.717) is 12.3 Å². The molecule has 22 heavy (non-hydrogen) atoms. The minimum atomic E-state index is -0.506. The summed E-state index contributed by atoms with van der Waals surface area (Å²) in [5, 5.41) is 2.77. The van der Waals surface area contributed by atoms with Crippen molar-refractivity contribution in [2.45, 2.75) is 45.8 Å². The summed E-state index contributed by atoms with van der Waals surface area (Å²) in [7, 11) is 1.52. The van der Waals surface area contributed by atoms with Crippen LogP contribution in [0.15, 0.2) is 12.3 Å². The lowest BCUT2D eigenvalue weighted by molar-refractivity contribution is 0.0509. The van der Waals surface area contributed by atoms with E-state index in [2.05, 4.69) is 15.3 Å². The first-order chi connectivity index (χ1) is 10.2. The summed E-state index contributed by atoms with van der Waals surface area (Å²) in [6.45, 7) is 7.37. The van der Waals surface area contributed by atoms with Crippen LogP contribution in [0.3, 0.4) is 0 Å². The highest BCUT2D eigenvalue weighted by Crippen LogP contribution is 2.16. The van der Waals surface area contributed by atoms with Crippen LogP contribution >= 0.6 is 0 Å². The molecule has 0 unspecified atom stereocenters. The first-order valence-electron chi connectivity index (χ1n) is 7.04. The molecular weight excluding hydrogens is 284 g/mol. The number of methoxy groups -OCH3 is 1. The van der Waals surface area contributed by atoms with Gasteiger partial charge in [0.05, 0.1) is 12.7 Å². The Kier molecular flexibility index (Phi) is 6.15. The first kappa shape index (κ1) is 17.7. The molecule has 0 aromatic carbocycles. The van der Waals surface area contributed by atoms with Crippen molar-refractivity contribution in [1.82, 2.24) is 15.3 Å². The van der Waals surface area contributed by atoms with E-state index in [4.69, 9.17) is 15.2 Å². The molecule has 1 aromatic heterocycles. The Morgan fingerprint density at radius 1 is 1.50 bits per heavy atom. The van der Waals surface area contributed by atoms with E-state index in [0.717, 1.165) is 5.56 Å². The van der Waals surface area contributed by atoms with Crippen molar-refractivity contribution in [3.8, 4) is 5.88 Å². The molecule has 0 aliphatic rings. The van der Waals surface area contributed by atoms with Crippen molar-refractivity contribution in [1.29, 1.82) is 0 Å². The number of nitrogens with zero attached hydrogens (tertiary/aromatic N) is 2. The normalized spacial score (nSPS) is 13.0. The van der Waals surface area contributed by atoms with Crippen molar-refractivity contribution in [2.75, 3.05) is 12.8 Å². The smallest absolute Gasteiger partial charge is 0.407 e. The Morgan fingerprint density at radius 2 is 2.18 bits per heavy atom. The molecule has 0 spiro atoms. The average Bonchev–Trinajstić information content (AvgIpc) is 2.37. The van der Waals surface area contributed by atoms with Crippen molar-refractivity contribution in [2.24, 2.45) is 0 Å². The second kappa shape index (κ2) is 7.63. The van der Waals surface area contributed by atoms with Gasteiger partial charge < -0.3 is 20.5 Å². The van der Waals surface area contributed by atoms with E-state index in [1.165, 1.54) is 7.11 Å². The zero-order valence-electron chi connectivity index (χ0n) is 13.7. The molecule has 0 bridgehead atoms. The molecule has 7 nitrogen and oxygen atoms in total. The van der Waals surface area contributed by atoms with Gasteiger partial charge in [0.15, 0.2) is 0 Å². The fourth-order valence-corrected chi connectivity index (χ4v) is 1.63. The quantitative estimate of drug-likeness (QED) is 0.866. The number of carbonyl (C=O) groups is 1. The fraction of sp³-hybridized carbons (Fsp3) is 0.533. The number of amides is 1. The third-order valence-corrected chi connectivity index (χ3v) is 2.54. The van der Waals surface area contributed by atoms with E-state index in [-0.39, 0.29) is 12.0 Å². The maximum absolute atomic E-state index is 11.6.